The predicted molar refractivity (Wildman–Crippen MR) is 101 cm³/mol. The van der Waals surface area contributed by atoms with Crippen LogP contribution in [0, 0.1) is 6.92 Å². The molecule has 2 aromatic heterocycles. The van der Waals surface area contributed by atoms with Crippen molar-refractivity contribution in [3.63, 3.8) is 0 Å². The van der Waals surface area contributed by atoms with E-state index < -0.39 is 0 Å². The number of amides is 1. The fourth-order valence-electron chi connectivity index (χ4n) is 2.49. The molecule has 0 fully saturated rings. The van der Waals surface area contributed by atoms with Crippen LogP contribution in [0.2, 0.25) is 5.02 Å². The van der Waals surface area contributed by atoms with Crippen LogP contribution in [0.25, 0.3) is 11.4 Å². The first-order chi connectivity index (χ1) is 12.5. The third-order valence-corrected chi connectivity index (χ3v) is 5.13. The maximum atomic E-state index is 12.2. The van der Waals surface area contributed by atoms with Crippen molar-refractivity contribution in [2.75, 3.05) is 11.6 Å². The first kappa shape index (κ1) is 18.3. The zero-order valence-electron chi connectivity index (χ0n) is 14.3. The number of rotatable bonds is 6. The molecule has 0 aliphatic rings. The number of halogens is 1. The van der Waals surface area contributed by atoms with Crippen molar-refractivity contribution < 1.29 is 9.21 Å². The molecule has 0 aliphatic carbocycles. The number of hydrogen-bond donors (Lipinski definition) is 2. The van der Waals surface area contributed by atoms with Crippen LogP contribution in [0.15, 0.2) is 46.2 Å². The minimum atomic E-state index is -0.198. The van der Waals surface area contributed by atoms with Gasteiger partial charge in [-0.3, -0.25) is 4.79 Å². The van der Waals surface area contributed by atoms with Gasteiger partial charge < -0.3 is 15.6 Å². The summed E-state index contributed by atoms with van der Waals surface area (Å²) in [5, 5.41) is 12.1. The molecule has 3 N–H and O–H groups in total. The number of aryl methyl sites for hydroxylation is 1. The molecule has 0 bridgehead atoms. The van der Waals surface area contributed by atoms with E-state index >= 15 is 0 Å². The van der Waals surface area contributed by atoms with Gasteiger partial charge in [0.1, 0.15) is 5.76 Å². The number of thioether (sulfide) groups is 1. The summed E-state index contributed by atoms with van der Waals surface area (Å²) in [4.78, 5) is 12.2. The number of nitrogens with one attached hydrogen (secondary N) is 1. The Labute approximate surface area is 159 Å². The number of benzene rings is 1. The van der Waals surface area contributed by atoms with E-state index in [0.29, 0.717) is 21.8 Å². The number of furan rings is 1. The van der Waals surface area contributed by atoms with Gasteiger partial charge in [0.25, 0.3) is 0 Å². The van der Waals surface area contributed by atoms with E-state index in [0.717, 1.165) is 11.1 Å². The molecule has 2 heterocycles. The third-order valence-electron chi connectivity index (χ3n) is 3.85. The number of nitrogen functional groups attached to an aromatic ring is 1. The molecule has 1 atom stereocenters. The van der Waals surface area contributed by atoms with Crippen molar-refractivity contribution in [2.24, 2.45) is 0 Å². The van der Waals surface area contributed by atoms with Crippen molar-refractivity contribution in [3.05, 3.63) is 52.9 Å². The molecule has 3 aromatic rings. The molecule has 0 radical (unpaired) electrons. The van der Waals surface area contributed by atoms with E-state index in [1.807, 2.05) is 32.0 Å². The molecule has 0 saturated heterocycles. The Morgan fingerprint density at radius 1 is 1.38 bits per heavy atom. The summed E-state index contributed by atoms with van der Waals surface area (Å²) in [5.74, 6) is 7.25. The summed E-state index contributed by atoms with van der Waals surface area (Å²) in [6.45, 7) is 3.70. The number of carbonyl (C=O) groups is 1. The minimum absolute atomic E-state index is 0.147. The van der Waals surface area contributed by atoms with E-state index in [2.05, 4.69) is 15.5 Å². The summed E-state index contributed by atoms with van der Waals surface area (Å²) in [7, 11) is 0. The van der Waals surface area contributed by atoms with Crippen molar-refractivity contribution in [2.45, 2.75) is 25.0 Å². The van der Waals surface area contributed by atoms with Crippen LogP contribution in [0.4, 0.5) is 0 Å². The molecule has 9 heteroatoms. The second-order valence-electron chi connectivity index (χ2n) is 5.67. The molecule has 1 aromatic carbocycles. The summed E-state index contributed by atoms with van der Waals surface area (Å²) in [6, 6.07) is 8.99. The van der Waals surface area contributed by atoms with Gasteiger partial charge in [-0.1, -0.05) is 41.6 Å². The topological polar surface area (TPSA) is 99.0 Å². The van der Waals surface area contributed by atoms with Gasteiger partial charge in [-0.15, -0.1) is 10.2 Å². The minimum Gasteiger partial charge on any atom is -0.469 e. The Morgan fingerprint density at radius 2 is 2.15 bits per heavy atom. The molecule has 7 nitrogen and oxygen atoms in total. The van der Waals surface area contributed by atoms with Gasteiger partial charge in [0, 0.05) is 5.02 Å². The van der Waals surface area contributed by atoms with Crippen LogP contribution in [-0.2, 0) is 4.79 Å². The van der Waals surface area contributed by atoms with Crippen LogP contribution < -0.4 is 11.2 Å². The van der Waals surface area contributed by atoms with Crippen molar-refractivity contribution in [1.29, 1.82) is 0 Å². The molecule has 0 spiro atoms. The number of hydrogen-bond acceptors (Lipinski definition) is 6. The first-order valence-corrected chi connectivity index (χ1v) is 9.25. The molecular weight excluding hydrogens is 374 g/mol. The highest BCUT2D eigenvalue weighted by molar-refractivity contribution is 7.99. The lowest BCUT2D eigenvalue weighted by atomic mass is 10.1. The maximum absolute atomic E-state index is 12.2. The van der Waals surface area contributed by atoms with Crippen LogP contribution in [0.5, 0.6) is 0 Å². The highest BCUT2D eigenvalue weighted by Crippen LogP contribution is 2.25. The van der Waals surface area contributed by atoms with Gasteiger partial charge >= 0.3 is 0 Å². The van der Waals surface area contributed by atoms with Crippen LogP contribution in [0.1, 0.15) is 24.3 Å². The van der Waals surface area contributed by atoms with Gasteiger partial charge in [0.05, 0.1) is 23.6 Å². The van der Waals surface area contributed by atoms with Gasteiger partial charge in [-0.25, -0.2) is 4.68 Å². The highest BCUT2D eigenvalue weighted by Gasteiger charge is 2.17. The van der Waals surface area contributed by atoms with E-state index in [1.54, 1.807) is 18.4 Å². The summed E-state index contributed by atoms with van der Waals surface area (Å²) in [6.07, 6.45) is 1.57. The van der Waals surface area contributed by atoms with Gasteiger partial charge in [0.15, 0.2) is 5.82 Å². The fourth-order valence-corrected chi connectivity index (χ4v) is 3.46. The summed E-state index contributed by atoms with van der Waals surface area (Å²) in [5.41, 5.74) is 1.64. The van der Waals surface area contributed by atoms with Crippen molar-refractivity contribution in [1.82, 2.24) is 20.2 Å². The second kappa shape index (κ2) is 7.84. The Hall–Kier alpha value is -2.45. The quantitative estimate of drug-likeness (QED) is 0.494. The molecular formula is C17H18ClN5O2S. The first-order valence-electron chi connectivity index (χ1n) is 7.89. The molecule has 26 heavy (non-hydrogen) atoms. The molecule has 136 valence electrons. The van der Waals surface area contributed by atoms with Crippen LogP contribution in [0.3, 0.4) is 0 Å². The zero-order chi connectivity index (χ0) is 18.7. The Balaban J connectivity index is 1.61. The average Bonchev–Trinajstić information content (AvgIpc) is 3.18. The van der Waals surface area contributed by atoms with E-state index in [1.165, 1.54) is 16.4 Å². The number of aromatic nitrogens is 3. The van der Waals surface area contributed by atoms with Gasteiger partial charge in [-0.2, -0.15) is 0 Å². The smallest absolute Gasteiger partial charge is 0.230 e. The normalized spacial score (nSPS) is 12.1. The SMILES string of the molecule is Cc1occc1-c1nnc(SCC(=O)NC(C)c2ccccc2Cl)n1N. The Morgan fingerprint density at radius 3 is 2.85 bits per heavy atom. The molecule has 1 unspecified atom stereocenters. The largest absolute Gasteiger partial charge is 0.469 e. The lowest BCUT2D eigenvalue weighted by molar-refractivity contribution is -0.119. The van der Waals surface area contributed by atoms with Gasteiger partial charge in [-0.05, 0) is 31.5 Å². The standard InChI is InChI=1S/C17H18ClN5O2S/c1-10(12-5-3-4-6-14(12)18)20-15(24)9-26-17-22-21-16(23(17)19)13-7-8-25-11(13)2/h3-8,10H,9,19H2,1-2H3,(H,20,24). The maximum Gasteiger partial charge on any atom is 0.230 e. The van der Waals surface area contributed by atoms with Crippen molar-refractivity contribution in [3.8, 4) is 11.4 Å². The number of nitrogens with two attached hydrogens (primary N) is 1. The van der Waals surface area contributed by atoms with Crippen LogP contribution >= 0.6 is 23.4 Å². The average molecular weight is 392 g/mol. The van der Waals surface area contributed by atoms with E-state index in [4.69, 9.17) is 21.9 Å². The molecule has 1 amide bonds. The second-order valence-corrected chi connectivity index (χ2v) is 7.02. The van der Waals surface area contributed by atoms with Crippen LogP contribution in [-0.4, -0.2) is 26.5 Å². The Kier molecular flexibility index (Phi) is 5.53. The monoisotopic (exact) mass is 391 g/mol. The summed E-state index contributed by atoms with van der Waals surface area (Å²) < 4.78 is 6.61. The van der Waals surface area contributed by atoms with E-state index in [9.17, 15) is 4.79 Å². The number of nitrogens with zero attached hydrogens (tertiary/aromatic N) is 3. The highest BCUT2D eigenvalue weighted by atomic mass is 35.5. The molecule has 0 aliphatic heterocycles. The predicted octanol–water partition coefficient (Wildman–Crippen LogP) is 3.18. The van der Waals surface area contributed by atoms with E-state index in [-0.39, 0.29) is 17.7 Å². The lowest BCUT2D eigenvalue weighted by Gasteiger charge is -2.15. The lowest BCUT2D eigenvalue weighted by Crippen LogP contribution is -2.28. The summed E-state index contributed by atoms with van der Waals surface area (Å²) >= 11 is 7.37. The third kappa shape index (κ3) is 3.86. The number of carbonyl (C=O) groups excluding carboxylic acids is 1. The Bertz CT molecular complexity index is 924. The molecule has 0 saturated carbocycles. The van der Waals surface area contributed by atoms with Crippen molar-refractivity contribution >= 4 is 29.3 Å². The molecule has 3 rings (SSSR count). The fraction of sp³-hybridized carbons (Fsp3) is 0.235. The van der Waals surface area contributed by atoms with Gasteiger partial charge in [0.2, 0.25) is 11.1 Å². The zero-order valence-corrected chi connectivity index (χ0v) is 15.8.